The molecule has 2 nitrogen and oxygen atoms in total. The zero-order chi connectivity index (χ0) is 17.3. The fraction of sp³-hybridized carbons (Fsp3) is 0.227. The molecule has 0 N–H and O–H groups in total. The van der Waals surface area contributed by atoms with Gasteiger partial charge in [0.25, 0.3) is 5.69 Å². The summed E-state index contributed by atoms with van der Waals surface area (Å²) in [6, 6.07) is 13.0. The summed E-state index contributed by atoms with van der Waals surface area (Å²) >= 11 is 1.86. The van der Waals surface area contributed by atoms with Crippen LogP contribution >= 0.6 is 11.3 Å². The van der Waals surface area contributed by atoms with Crippen LogP contribution in [-0.2, 0) is 7.05 Å². The summed E-state index contributed by atoms with van der Waals surface area (Å²) in [6.07, 6.45) is 2.24. The Bertz CT molecular complexity index is 1170. The van der Waals surface area contributed by atoms with E-state index in [0.717, 1.165) is 11.5 Å². The molecule has 25 heavy (non-hydrogen) atoms. The van der Waals surface area contributed by atoms with Crippen molar-refractivity contribution in [2.24, 2.45) is 7.05 Å². The number of thiophene rings is 1. The molecule has 1 aliphatic rings. The first-order valence-corrected chi connectivity index (χ1v) is 9.53. The topological polar surface area (TPSA) is 13.1 Å². The summed E-state index contributed by atoms with van der Waals surface area (Å²) < 4.78 is 9.96. The van der Waals surface area contributed by atoms with Crippen molar-refractivity contribution in [1.82, 2.24) is 0 Å². The lowest BCUT2D eigenvalue weighted by Gasteiger charge is -2.20. The molecule has 5 rings (SSSR count). The molecule has 0 spiro atoms. The zero-order valence-corrected chi connectivity index (χ0v) is 15.7. The lowest BCUT2D eigenvalue weighted by molar-refractivity contribution is -0.659. The van der Waals surface area contributed by atoms with Crippen LogP contribution in [0.3, 0.4) is 0 Å². The Morgan fingerprint density at radius 3 is 2.72 bits per heavy atom. The number of pyridine rings is 1. The van der Waals surface area contributed by atoms with Gasteiger partial charge in [0.15, 0.2) is 6.20 Å². The van der Waals surface area contributed by atoms with E-state index < -0.39 is 0 Å². The summed E-state index contributed by atoms with van der Waals surface area (Å²) in [7, 11) is 2.13. The van der Waals surface area contributed by atoms with Crippen LogP contribution in [0.2, 0.25) is 0 Å². The quantitative estimate of drug-likeness (QED) is 0.335. The molecule has 124 valence electrons. The fourth-order valence-electron chi connectivity index (χ4n) is 3.86. The second kappa shape index (κ2) is 5.06. The molecule has 3 heterocycles. The van der Waals surface area contributed by atoms with Gasteiger partial charge in [0.2, 0.25) is 5.75 Å². The third-order valence-corrected chi connectivity index (χ3v) is 6.57. The molecule has 2 aromatic carbocycles. The number of ether oxygens (including phenoxy) is 1. The second-order valence-corrected chi connectivity index (χ2v) is 8.30. The molecule has 2 aromatic heterocycles. The summed E-state index contributed by atoms with van der Waals surface area (Å²) in [5, 5.41) is 3.72. The molecule has 3 heteroatoms. The molecule has 0 fully saturated rings. The Kier molecular flexibility index (Phi) is 3.02. The van der Waals surface area contributed by atoms with Crippen LogP contribution in [0.4, 0.5) is 0 Å². The van der Waals surface area contributed by atoms with Crippen molar-refractivity contribution in [1.29, 1.82) is 0 Å². The van der Waals surface area contributed by atoms with Crippen molar-refractivity contribution in [3.05, 3.63) is 53.0 Å². The molecule has 0 saturated heterocycles. The molecule has 0 radical (unpaired) electrons. The van der Waals surface area contributed by atoms with Gasteiger partial charge in [-0.2, -0.15) is 4.57 Å². The molecule has 0 unspecified atom stereocenters. The smallest absolute Gasteiger partial charge is 0.257 e. The number of rotatable bonds is 1. The Balaban J connectivity index is 1.95. The number of benzene rings is 2. The highest BCUT2D eigenvalue weighted by Crippen LogP contribution is 2.50. The molecule has 0 saturated carbocycles. The van der Waals surface area contributed by atoms with Gasteiger partial charge in [0.05, 0.1) is 15.6 Å². The van der Waals surface area contributed by atoms with Crippen LogP contribution in [0.15, 0.2) is 42.6 Å². The molecule has 0 atom stereocenters. The first kappa shape index (κ1) is 14.9. The van der Waals surface area contributed by atoms with Gasteiger partial charge in [-0.25, -0.2) is 0 Å². The van der Waals surface area contributed by atoms with Gasteiger partial charge in [-0.15, -0.1) is 11.3 Å². The minimum atomic E-state index is 0.527. The molecule has 4 aromatic rings. The van der Waals surface area contributed by atoms with Crippen molar-refractivity contribution in [3.63, 3.8) is 0 Å². The minimum absolute atomic E-state index is 0.527. The molecular formula is C22H20NOS+. The predicted molar refractivity (Wildman–Crippen MR) is 105 cm³/mol. The van der Waals surface area contributed by atoms with Crippen LogP contribution in [0.25, 0.3) is 32.1 Å². The number of hydrogen-bond acceptors (Lipinski definition) is 2. The van der Waals surface area contributed by atoms with E-state index in [1.807, 2.05) is 11.3 Å². The van der Waals surface area contributed by atoms with Gasteiger partial charge in [-0.05, 0) is 35.9 Å². The van der Waals surface area contributed by atoms with E-state index in [9.17, 15) is 0 Å². The SMILES string of the molecule is Cc1ccc2cccc3c2c1-c1c(c2sc(C(C)C)cc2c[n+]1C)O3. The number of aryl methyl sites for hydroxylation is 2. The number of fused-ring (bicyclic) bond motifs is 4. The monoisotopic (exact) mass is 346 g/mol. The normalized spacial score (nSPS) is 12.7. The second-order valence-electron chi connectivity index (χ2n) is 7.22. The lowest BCUT2D eigenvalue weighted by atomic mass is 9.93. The molecule has 0 aliphatic carbocycles. The first-order valence-electron chi connectivity index (χ1n) is 8.71. The minimum Gasteiger partial charge on any atom is -0.448 e. The average molecular weight is 346 g/mol. The van der Waals surface area contributed by atoms with Crippen LogP contribution in [0.1, 0.15) is 30.2 Å². The van der Waals surface area contributed by atoms with Crippen LogP contribution in [-0.4, -0.2) is 0 Å². The van der Waals surface area contributed by atoms with Crippen LogP contribution in [0, 0.1) is 6.92 Å². The van der Waals surface area contributed by atoms with Crippen molar-refractivity contribution >= 4 is 32.2 Å². The van der Waals surface area contributed by atoms with E-state index in [-0.39, 0.29) is 0 Å². The Hall–Kier alpha value is -2.39. The third kappa shape index (κ3) is 1.99. The fourth-order valence-corrected chi connectivity index (χ4v) is 4.98. The molecule has 1 aliphatic heterocycles. The van der Waals surface area contributed by atoms with Gasteiger partial charge >= 0.3 is 0 Å². The first-order chi connectivity index (χ1) is 12.0. The van der Waals surface area contributed by atoms with Gasteiger partial charge in [0, 0.05) is 10.3 Å². The van der Waals surface area contributed by atoms with Crippen molar-refractivity contribution < 1.29 is 9.30 Å². The van der Waals surface area contributed by atoms with Crippen LogP contribution in [0.5, 0.6) is 11.5 Å². The maximum Gasteiger partial charge on any atom is 0.257 e. The van der Waals surface area contributed by atoms with E-state index in [0.29, 0.717) is 5.92 Å². The predicted octanol–water partition coefficient (Wildman–Crippen LogP) is 6.08. The van der Waals surface area contributed by atoms with Crippen molar-refractivity contribution in [2.75, 3.05) is 0 Å². The van der Waals surface area contributed by atoms with E-state index >= 15 is 0 Å². The Labute approximate surface area is 151 Å². The van der Waals surface area contributed by atoms with Crippen LogP contribution < -0.4 is 9.30 Å². The van der Waals surface area contributed by atoms with E-state index in [1.54, 1.807) is 0 Å². The van der Waals surface area contributed by atoms with Crippen molar-refractivity contribution in [3.8, 4) is 22.8 Å². The van der Waals surface area contributed by atoms with Gasteiger partial charge in [-0.3, -0.25) is 0 Å². The third-order valence-electron chi connectivity index (χ3n) is 5.12. The van der Waals surface area contributed by atoms with Gasteiger partial charge in [0.1, 0.15) is 12.8 Å². The maximum absolute atomic E-state index is 6.48. The van der Waals surface area contributed by atoms with E-state index in [1.165, 1.54) is 42.6 Å². The Morgan fingerprint density at radius 2 is 1.92 bits per heavy atom. The Morgan fingerprint density at radius 1 is 1.08 bits per heavy atom. The average Bonchev–Trinajstić information content (AvgIpc) is 3.02. The summed E-state index contributed by atoms with van der Waals surface area (Å²) in [5.74, 6) is 2.50. The number of aromatic nitrogens is 1. The van der Waals surface area contributed by atoms with Gasteiger partial charge < -0.3 is 4.74 Å². The molecule has 0 bridgehead atoms. The summed E-state index contributed by atoms with van der Waals surface area (Å²) in [5.41, 5.74) is 3.78. The highest BCUT2D eigenvalue weighted by molar-refractivity contribution is 7.19. The highest BCUT2D eigenvalue weighted by Gasteiger charge is 2.32. The van der Waals surface area contributed by atoms with Crippen molar-refractivity contribution in [2.45, 2.75) is 26.7 Å². The molecule has 0 amide bonds. The lowest BCUT2D eigenvalue weighted by Crippen LogP contribution is -2.32. The largest absolute Gasteiger partial charge is 0.448 e. The summed E-state index contributed by atoms with van der Waals surface area (Å²) in [4.78, 5) is 1.40. The molecular weight excluding hydrogens is 326 g/mol. The van der Waals surface area contributed by atoms with E-state index in [2.05, 4.69) is 75.0 Å². The maximum atomic E-state index is 6.48. The number of nitrogens with zero attached hydrogens (tertiary/aromatic N) is 1. The highest BCUT2D eigenvalue weighted by atomic mass is 32.1. The van der Waals surface area contributed by atoms with Gasteiger partial charge in [-0.1, -0.05) is 38.1 Å². The van der Waals surface area contributed by atoms with E-state index in [4.69, 9.17) is 4.74 Å². The number of hydrogen-bond donors (Lipinski definition) is 0. The summed E-state index contributed by atoms with van der Waals surface area (Å²) in [6.45, 7) is 6.69. The standard InChI is InChI=1S/C22H20NOS/c1-12(2)17-10-15-11-23(4)20-18-13(3)8-9-14-6-5-7-16(19(14)18)24-21(20)22(15)25-17/h5-12H,1-4H3/q+1. The zero-order valence-electron chi connectivity index (χ0n) is 14.9.